The van der Waals surface area contributed by atoms with Crippen molar-refractivity contribution < 1.29 is 0 Å². The summed E-state index contributed by atoms with van der Waals surface area (Å²) in [7, 11) is 4.38. The highest BCUT2D eigenvalue weighted by Gasteiger charge is 2.18. The zero-order chi connectivity index (χ0) is 12.3. The highest BCUT2D eigenvalue weighted by Crippen LogP contribution is 2.21. The highest BCUT2D eigenvalue weighted by molar-refractivity contribution is 5.52. The van der Waals surface area contributed by atoms with Gasteiger partial charge in [-0.1, -0.05) is 0 Å². The topological polar surface area (TPSA) is 32.5 Å². The zero-order valence-corrected chi connectivity index (χ0v) is 10.9. The van der Waals surface area contributed by atoms with Crippen LogP contribution in [0.15, 0.2) is 24.3 Å². The molecule has 0 aliphatic carbocycles. The Labute approximate surface area is 104 Å². The van der Waals surface area contributed by atoms with E-state index in [1.165, 1.54) is 31.6 Å². The van der Waals surface area contributed by atoms with Crippen LogP contribution in [-0.4, -0.2) is 38.6 Å². The fourth-order valence-corrected chi connectivity index (χ4v) is 2.47. The van der Waals surface area contributed by atoms with Crippen molar-refractivity contribution in [1.82, 2.24) is 4.90 Å². The third-order valence-corrected chi connectivity index (χ3v) is 3.70. The van der Waals surface area contributed by atoms with Gasteiger partial charge in [0.2, 0.25) is 0 Å². The minimum Gasteiger partial charge on any atom is -0.399 e. The molecule has 0 atom stereocenters. The van der Waals surface area contributed by atoms with Crippen LogP contribution in [0.25, 0.3) is 0 Å². The third-order valence-electron chi connectivity index (χ3n) is 3.70. The van der Waals surface area contributed by atoms with Gasteiger partial charge in [0.15, 0.2) is 0 Å². The molecule has 0 aromatic heterocycles. The molecule has 2 N–H and O–H groups in total. The van der Waals surface area contributed by atoms with Crippen molar-refractivity contribution >= 4 is 11.4 Å². The number of nitrogens with zero attached hydrogens (tertiary/aromatic N) is 2. The summed E-state index contributed by atoms with van der Waals surface area (Å²) >= 11 is 0. The summed E-state index contributed by atoms with van der Waals surface area (Å²) in [5, 5.41) is 0. The number of piperidine rings is 1. The number of hydrogen-bond acceptors (Lipinski definition) is 3. The Hall–Kier alpha value is -1.22. The van der Waals surface area contributed by atoms with Crippen LogP contribution >= 0.6 is 0 Å². The van der Waals surface area contributed by atoms with Crippen molar-refractivity contribution in [3.8, 4) is 0 Å². The van der Waals surface area contributed by atoms with Crippen LogP contribution in [0.2, 0.25) is 0 Å². The molecule has 3 heteroatoms. The Balaban J connectivity index is 1.88. The first kappa shape index (κ1) is 12.2. The second-order valence-corrected chi connectivity index (χ2v) is 5.22. The Bertz CT molecular complexity index is 339. The van der Waals surface area contributed by atoms with Gasteiger partial charge in [0.25, 0.3) is 0 Å². The molecule has 94 valence electrons. The standard InChI is InChI=1S/C14H23N3/c1-16-9-7-12(8-10-16)11-17(2)14-5-3-13(15)4-6-14/h3-6,12H,7-11,15H2,1-2H3. The molecule has 0 spiro atoms. The molecule has 1 heterocycles. The molecule has 1 aliphatic rings. The van der Waals surface area contributed by atoms with Gasteiger partial charge in [-0.05, 0) is 63.2 Å². The number of hydrogen-bond donors (Lipinski definition) is 1. The first-order valence-corrected chi connectivity index (χ1v) is 6.40. The van der Waals surface area contributed by atoms with Crippen LogP contribution in [0.4, 0.5) is 11.4 Å². The fourth-order valence-electron chi connectivity index (χ4n) is 2.47. The monoisotopic (exact) mass is 233 g/mol. The average Bonchev–Trinajstić information content (AvgIpc) is 2.33. The SMILES string of the molecule is CN1CCC(CN(C)c2ccc(N)cc2)CC1. The number of nitrogen functional groups attached to an aromatic ring is 1. The quantitative estimate of drug-likeness (QED) is 0.811. The predicted octanol–water partition coefficient (Wildman–Crippen LogP) is 2.05. The van der Waals surface area contributed by atoms with Crippen LogP contribution < -0.4 is 10.6 Å². The molecule has 0 amide bonds. The van der Waals surface area contributed by atoms with Gasteiger partial charge >= 0.3 is 0 Å². The molecule has 0 unspecified atom stereocenters. The molecule has 1 aliphatic heterocycles. The van der Waals surface area contributed by atoms with Gasteiger partial charge in [0, 0.05) is 25.0 Å². The second-order valence-electron chi connectivity index (χ2n) is 5.22. The smallest absolute Gasteiger partial charge is 0.0365 e. The third kappa shape index (κ3) is 3.37. The van der Waals surface area contributed by atoms with E-state index in [0.717, 1.165) is 18.2 Å². The van der Waals surface area contributed by atoms with E-state index in [2.05, 4.69) is 36.0 Å². The highest BCUT2D eigenvalue weighted by atomic mass is 15.1. The summed E-state index contributed by atoms with van der Waals surface area (Å²) in [6.07, 6.45) is 2.63. The first-order valence-electron chi connectivity index (χ1n) is 6.40. The van der Waals surface area contributed by atoms with E-state index in [0.29, 0.717) is 0 Å². The lowest BCUT2D eigenvalue weighted by molar-refractivity contribution is 0.222. The first-order chi connectivity index (χ1) is 8.15. The molecule has 1 aromatic carbocycles. The molecule has 2 rings (SSSR count). The second kappa shape index (κ2) is 5.41. The lowest BCUT2D eigenvalue weighted by atomic mass is 9.96. The summed E-state index contributed by atoms with van der Waals surface area (Å²) in [6, 6.07) is 8.15. The largest absolute Gasteiger partial charge is 0.399 e. The van der Waals surface area contributed by atoms with E-state index in [4.69, 9.17) is 5.73 Å². The van der Waals surface area contributed by atoms with Crippen molar-refractivity contribution in [2.75, 3.05) is 44.4 Å². The van der Waals surface area contributed by atoms with Gasteiger partial charge in [-0.3, -0.25) is 0 Å². The van der Waals surface area contributed by atoms with E-state index >= 15 is 0 Å². The summed E-state index contributed by atoms with van der Waals surface area (Å²) in [5.41, 5.74) is 7.80. The lowest BCUT2D eigenvalue weighted by Crippen LogP contribution is -2.35. The van der Waals surface area contributed by atoms with Gasteiger partial charge in [-0.15, -0.1) is 0 Å². The Morgan fingerprint density at radius 1 is 1.24 bits per heavy atom. The van der Waals surface area contributed by atoms with E-state index < -0.39 is 0 Å². The maximum absolute atomic E-state index is 5.70. The van der Waals surface area contributed by atoms with E-state index in [-0.39, 0.29) is 0 Å². The van der Waals surface area contributed by atoms with Crippen LogP contribution in [0.3, 0.4) is 0 Å². The molecular formula is C14H23N3. The predicted molar refractivity (Wildman–Crippen MR) is 74.3 cm³/mol. The van der Waals surface area contributed by atoms with Crippen molar-refractivity contribution in [2.45, 2.75) is 12.8 Å². The van der Waals surface area contributed by atoms with Crippen LogP contribution in [0.1, 0.15) is 12.8 Å². The fraction of sp³-hybridized carbons (Fsp3) is 0.571. The van der Waals surface area contributed by atoms with Crippen molar-refractivity contribution in [3.63, 3.8) is 0 Å². The molecule has 1 aromatic rings. The Morgan fingerprint density at radius 2 is 1.82 bits per heavy atom. The minimum atomic E-state index is 0.828. The summed E-state index contributed by atoms with van der Waals surface area (Å²) < 4.78 is 0. The van der Waals surface area contributed by atoms with Crippen molar-refractivity contribution in [3.05, 3.63) is 24.3 Å². The maximum atomic E-state index is 5.70. The summed E-state index contributed by atoms with van der Waals surface area (Å²) in [4.78, 5) is 4.76. The normalized spacial score (nSPS) is 18.2. The van der Waals surface area contributed by atoms with Crippen molar-refractivity contribution in [1.29, 1.82) is 0 Å². The number of rotatable bonds is 3. The van der Waals surface area contributed by atoms with E-state index in [9.17, 15) is 0 Å². The van der Waals surface area contributed by atoms with Crippen LogP contribution in [-0.2, 0) is 0 Å². The van der Waals surface area contributed by atoms with Gasteiger partial charge in [-0.2, -0.15) is 0 Å². The molecular weight excluding hydrogens is 210 g/mol. The molecule has 17 heavy (non-hydrogen) atoms. The molecule has 3 nitrogen and oxygen atoms in total. The van der Waals surface area contributed by atoms with Crippen molar-refractivity contribution in [2.24, 2.45) is 5.92 Å². The van der Waals surface area contributed by atoms with E-state index in [1.807, 2.05) is 12.1 Å². The Morgan fingerprint density at radius 3 is 2.41 bits per heavy atom. The zero-order valence-electron chi connectivity index (χ0n) is 10.9. The number of anilines is 2. The molecule has 0 saturated carbocycles. The Kier molecular flexibility index (Phi) is 3.89. The molecule has 1 fully saturated rings. The number of likely N-dealkylation sites (tertiary alicyclic amines) is 1. The minimum absolute atomic E-state index is 0.828. The average molecular weight is 233 g/mol. The van der Waals surface area contributed by atoms with Crippen LogP contribution in [0.5, 0.6) is 0 Å². The van der Waals surface area contributed by atoms with Gasteiger partial charge in [0.1, 0.15) is 0 Å². The lowest BCUT2D eigenvalue weighted by Gasteiger charge is -2.32. The van der Waals surface area contributed by atoms with Gasteiger partial charge < -0.3 is 15.5 Å². The maximum Gasteiger partial charge on any atom is 0.0365 e. The van der Waals surface area contributed by atoms with E-state index in [1.54, 1.807) is 0 Å². The number of benzene rings is 1. The molecule has 1 saturated heterocycles. The van der Waals surface area contributed by atoms with Gasteiger partial charge in [-0.25, -0.2) is 0 Å². The summed E-state index contributed by atoms with van der Waals surface area (Å²) in [6.45, 7) is 3.62. The van der Waals surface area contributed by atoms with Crippen LogP contribution in [0, 0.1) is 5.92 Å². The van der Waals surface area contributed by atoms with Gasteiger partial charge in [0.05, 0.1) is 0 Å². The summed E-state index contributed by atoms with van der Waals surface area (Å²) in [5.74, 6) is 0.828. The number of nitrogens with two attached hydrogens (primary N) is 1. The molecule has 0 bridgehead atoms. The molecule has 0 radical (unpaired) electrons.